The lowest BCUT2D eigenvalue weighted by atomic mass is 10.2. The Bertz CT molecular complexity index is 110. The number of hydrogen-bond donors (Lipinski definition) is 0. The molecule has 0 amide bonds. The zero-order valence-corrected chi connectivity index (χ0v) is 8.19. The predicted molar refractivity (Wildman–Crippen MR) is 50.0 cm³/mol. The van der Waals surface area contributed by atoms with Gasteiger partial charge in [0.15, 0.2) is 0 Å². The molecule has 1 atom stereocenters. The van der Waals surface area contributed by atoms with E-state index in [2.05, 4.69) is 11.8 Å². The average Bonchev–Trinajstić information content (AvgIpc) is 2.47. The van der Waals surface area contributed by atoms with E-state index >= 15 is 0 Å². The van der Waals surface area contributed by atoms with Gasteiger partial charge in [0.2, 0.25) is 0 Å². The summed E-state index contributed by atoms with van der Waals surface area (Å²) in [6.45, 7) is 4.23. The van der Waals surface area contributed by atoms with Gasteiger partial charge in [0, 0.05) is 31.3 Å². The summed E-state index contributed by atoms with van der Waals surface area (Å²) in [7, 11) is 1.77. The molecular weight excluding hydrogens is 158 g/mol. The standard InChI is InChI=1S/C8H17NOS/c1-3-8-6-11-7-9(8)4-5-10-2/h8H,3-7H2,1-2H3/t8-/m1/s1. The number of thioether (sulfide) groups is 1. The topological polar surface area (TPSA) is 12.5 Å². The summed E-state index contributed by atoms with van der Waals surface area (Å²) in [6.07, 6.45) is 1.27. The monoisotopic (exact) mass is 175 g/mol. The van der Waals surface area contributed by atoms with Crippen molar-refractivity contribution in [1.29, 1.82) is 0 Å². The summed E-state index contributed by atoms with van der Waals surface area (Å²) in [5, 5.41) is 0. The fourth-order valence-corrected chi connectivity index (χ4v) is 2.75. The van der Waals surface area contributed by atoms with Crippen LogP contribution in [0.3, 0.4) is 0 Å². The quantitative estimate of drug-likeness (QED) is 0.641. The lowest BCUT2D eigenvalue weighted by Crippen LogP contribution is -2.32. The Labute approximate surface area is 73.3 Å². The third-order valence-electron chi connectivity index (χ3n) is 2.14. The number of hydrogen-bond acceptors (Lipinski definition) is 3. The summed E-state index contributed by atoms with van der Waals surface area (Å²) in [4.78, 5) is 2.51. The first-order valence-electron chi connectivity index (χ1n) is 4.19. The Morgan fingerprint density at radius 1 is 1.64 bits per heavy atom. The van der Waals surface area contributed by atoms with Gasteiger partial charge in [-0.3, -0.25) is 4.90 Å². The minimum Gasteiger partial charge on any atom is -0.383 e. The molecule has 0 radical (unpaired) electrons. The van der Waals surface area contributed by atoms with E-state index in [1.54, 1.807) is 7.11 Å². The van der Waals surface area contributed by atoms with E-state index in [-0.39, 0.29) is 0 Å². The summed E-state index contributed by atoms with van der Waals surface area (Å²) in [5.74, 6) is 2.50. The highest BCUT2D eigenvalue weighted by Gasteiger charge is 2.22. The van der Waals surface area contributed by atoms with Crippen molar-refractivity contribution in [1.82, 2.24) is 4.90 Å². The molecule has 1 aliphatic rings. The highest BCUT2D eigenvalue weighted by atomic mass is 32.2. The smallest absolute Gasteiger partial charge is 0.0590 e. The number of nitrogens with zero attached hydrogens (tertiary/aromatic N) is 1. The van der Waals surface area contributed by atoms with Crippen LogP contribution < -0.4 is 0 Å². The van der Waals surface area contributed by atoms with Gasteiger partial charge in [-0.2, -0.15) is 0 Å². The molecule has 0 unspecified atom stereocenters. The summed E-state index contributed by atoms with van der Waals surface area (Å²) in [5.41, 5.74) is 0. The number of rotatable bonds is 4. The maximum Gasteiger partial charge on any atom is 0.0590 e. The minimum atomic E-state index is 0.801. The molecule has 66 valence electrons. The van der Waals surface area contributed by atoms with Gasteiger partial charge in [-0.25, -0.2) is 0 Å². The molecule has 0 bridgehead atoms. The van der Waals surface area contributed by atoms with E-state index in [1.807, 2.05) is 11.8 Å². The highest BCUT2D eigenvalue weighted by Crippen LogP contribution is 2.21. The molecule has 0 saturated carbocycles. The van der Waals surface area contributed by atoms with Crippen molar-refractivity contribution in [3.8, 4) is 0 Å². The fourth-order valence-electron chi connectivity index (χ4n) is 1.35. The number of methoxy groups -OCH3 is 1. The molecule has 3 heteroatoms. The lowest BCUT2D eigenvalue weighted by Gasteiger charge is -2.21. The van der Waals surface area contributed by atoms with Gasteiger partial charge in [-0.1, -0.05) is 6.92 Å². The molecule has 1 fully saturated rings. The maximum atomic E-state index is 5.05. The van der Waals surface area contributed by atoms with Crippen LogP contribution in [0.1, 0.15) is 13.3 Å². The normalized spacial score (nSPS) is 26.2. The van der Waals surface area contributed by atoms with Crippen molar-refractivity contribution in [3.05, 3.63) is 0 Å². The van der Waals surface area contributed by atoms with Crippen molar-refractivity contribution in [3.63, 3.8) is 0 Å². The Kier molecular flexibility index (Phi) is 4.26. The summed E-state index contributed by atoms with van der Waals surface area (Å²) >= 11 is 2.04. The van der Waals surface area contributed by atoms with E-state index in [1.165, 1.54) is 18.1 Å². The first kappa shape index (κ1) is 9.36. The molecule has 11 heavy (non-hydrogen) atoms. The van der Waals surface area contributed by atoms with Gasteiger partial charge in [-0.05, 0) is 6.42 Å². The summed E-state index contributed by atoms with van der Waals surface area (Å²) in [6, 6.07) is 0.801. The largest absolute Gasteiger partial charge is 0.383 e. The van der Waals surface area contributed by atoms with Crippen LogP contribution in [0.15, 0.2) is 0 Å². The van der Waals surface area contributed by atoms with Crippen LogP contribution in [-0.2, 0) is 4.74 Å². The van der Waals surface area contributed by atoms with Crippen LogP contribution in [0.2, 0.25) is 0 Å². The minimum absolute atomic E-state index is 0.801. The van der Waals surface area contributed by atoms with Crippen LogP contribution in [0, 0.1) is 0 Å². The van der Waals surface area contributed by atoms with Crippen molar-refractivity contribution >= 4 is 11.8 Å². The molecule has 0 aliphatic carbocycles. The molecule has 1 heterocycles. The van der Waals surface area contributed by atoms with Crippen molar-refractivity contribution in [2.75, 3.05) is 31.9 Å². The van der Waals surface area contributed by atoms with Crippen molar-refractivity contribution in [2.45, 2.75) is 19.4 Å². The average molecular weight is 175 g/mol. The molecule has 1 aliphatic heterocycles. The zero-order valence-electron chi connectivity index (χ0n) is 7.38. The van der Waals surface area contributed by atoms with Gasteiger partial charge in [-0.15, -0.1) is 11.8 Å². The molecule has 0 aromatic heterocycles. The number of ether oxygens (including phenoxy) is 1. The second kappa shape index (κ2) is 5.01. The van der Waals surface area contributed by atoms with E-state index in [0.29, 0.717) is 0 Å². The second-order valence-corrected chi connectivity index (χ2v) is 3.87. The zero-order chi connectivity index (χ0) is 8.10. The third-order valence-corrected chi connectivity index (χ3v) is 3.27. The lowest BCUT2D eigenvalue weighted by molar-refractivity contribution is 0.143. The Morgan fingerprint density at radius 3 is 3.09 bits per heavy atom. The molecule has 1 saturated heterocycles. The second-order valence-electron chi connectivity index (χ2n) is 2.87. The van der Waals surface area contributed by atoms with Crippen molar-refractivity contribution < 1.29 is 4.74 Å². The van der Waals surface area contributed by atoms with Crippen molar-refractivity contribution in [2.24, 2.45) is 0 Å². The molecule has 0 aromatic carbocycles. The van der Waals surface area contributed by atoms with E-state index in [9.17, 15) is 0 Å². The first-order valence-corrected chi connectivity index (χ1v) is 5.34. The maximum absolute atomic E-state index is 5.05. The molecule has 0 aromatic rings. The van der Waals surface area contributed by atoms with Crippen LogP contribution in [0.4, 0.5) is 0 Å². The Hall–Kier alpha value is 0.270. The molecule has 1 rings (SSSR count). The van der Waals surface area contributed by atoms with Crippen LogP contribution >= 0.6 is 11.8 Å². The van der Waals surface area contributed by atoms with Gasteiger partial charge in [0.1, 0.15) is 0 Å². The molecule has 0 N–H and O–H groups in total. The van der Waals surface area contributed by atoms with E-state index in [4.69, 9.17) is 4.74 Å². The first-order chi connectivity index (χ1) is 5.38. The molecule has 0 spiro atoms. The van der Waals surface area contributed by atoms with E-state index in [0.717, 1.165) is 19.2 Å². The van der Waals surface area contributed by atoms with Crippen LogP contribution in [0.5, 0.6) is 0 Å². The molecule has 2 nitrogen and oxygen atoms in total. The van der Waals surface area contributed by atoms with Gasteiger partial charge < -0.3 is 4.74 Å². The molecular formula is C8H17NOS. The fraction of sp³-hybridized carbons (Fsp3) is 1.00. The highest BCUT2D eigenvalue weighted by molar-refractivity contribution is 7.99. The van der Waals surface area contributed by atoms with Gasteiger partial charge >= 0.3 is 0 Å². The van der Waals surface area contributed by atoms with Gasteiger partial charge in [0.25, 0.3) is 0 Å². The van der Waals surface area contributed by atoms with E-state index < -0.39 is 0 Å². The van der Waals surface area contributed by atoms with Crippen LogP contribution in [0.25, 0.3) is 0 Å². The SMILES string of the molecule is CC[C@@H]1CSCN1CCOC. The Balaban J connectivity index is 2.20. The van der Waals surface area contributed by atoms with Gasteiger partial charge in [0.05, 0.1) is 6.61 Å². The predicted octanol–water partition coefficient (Wildman–Crippen LogP) is 1.42. The van der Waals surface area contributed by atoms with Crippen LogP contribution in [-0.4, -0.2) is 42.8 Å². The Morgan fingerprint density at radius 2 is 2.45 bits per heavy atom. The third kappa shape index (κ3) is 2.65. The summed E-state index contributed by atoms with van der Waals surface area (Å²) < 4.78 is 5.05.